The molecule has 0 unspecified atom stereocenters. The number of nitrogens with one attached hydrogen (secondary N) is 1. The first-order valence-electron chi connectivity index (χ1n) is 8.23. The molecule has 1 amide bonds. The van der Waals surface area contributed by atoms with E-state index in [0.717, 1.165) is 11.8 Å². The molecule has 2 aromatic carbocycles. The van der Waals surface area contributed by atoms with Crippen molar-refractivity contribution in [2.24, 2.45) is 0 Å². The van der Waals surface area contributed by atoms with Crippen LogP contribution in [0.2, 0.25) is 5.02 Å². The smallest absolute Gasteiger partial charge is 0.261 e. The van der Waals surface area contributed by atoms with Crippen molar-refractivity contribution in [1.82, 2.24) is 5.32 Å². The van der Waals surface area contributed by atoms with E-state index in [-0.39, 0.29) is 16.8 Å². The number of hydrogen-bond acceptors (Lipinski definition) is 4. The predicted octanol–water partition coefficient (Wildman–Crippen LogP) is 3.78. The number of carbonyl (C=O) groups is 1. The minimum atomic E-state index is -3.24. The van der Waals surface area contributed by atoms with Crippen LogP contribution in [0.3, 0.4) is 0 Å². The highest BCUT2D eigenvalue weighted by atomic mass is 35.5. The van der Waals surface area contributed by atoms with Crippen LogP contribution < -0.4 is 10.1 Å². The Morgan fingerprint density at radius 2 is 1.85 bits per heavy atom. The lowest BCUT2D eigenvalue weighted by Crippen LogP contribution is -2.39. The normalized spacial score (nSPS) is 13.7. The molecule has 1 N–H and O–H groups in total. The van der Waals surface area contributed by atoms with Crippen LogP contribution >= 0.6 is 11.6 Å². The zero-order valence-corrected chi connectivity index (χ0v) is 16.5. The lowest BCUT2D eigenvalue weighted by atomic mass is 10.1. The van der Waals surface area contributed by atoms with Crippen LogP contribution in [0.1, 0.15) is 31.9 Å². The van der Waals surface area contributed by atoms with E-state index in [0.29, 0.717) is 17.2 Å². The molecular weight excluding hydrogens is 374 g/mol. The third-order valence-electron chi connectivity index (χ3n) is 3.90. The first-order valence-corrected chi connectivity index (χ1v) is 10.5. The molecule has 0 saturated carbocycles. The average Bonchev–Trinajstić information content (AvgIpc) is 2.59. The van der Waals surface area contributed by atoms with Crippen LogP contribution in [0.25, 0.3) is 0 Å². The van der Waals surface area contributed by atoms with Gasteiger partial charge in [-0.2, -0.15) is 0 Å². The molecule has 0 aliphatic heterocycles. The molecule has 140 valence electrons. The van der Waals surface area contributed by atoms with Gasteiger partial charge in [0.25, 0.3) is 5.91 Å². The maximum Gasteiger partial charge on any atom is 0.261 e. The van der Waals surface area contributed by atoms with E-state index in [4.69, 9.17) is 16.3 Å². The number of sulfone groups is 1. The van der Waals surface area contributed by atoms with Gasteiger partial charge in [-0.15, -0.1) is 0 Å². The van der Waals surface area contributed by atoms with E-state index in [1.165, 1.54) is 12.1 Å². The van der Waals surface area contributed by atoms with Crippen LogP contribution in [-0.4, -0.2) is 26.7 Å². The fourth-order valence-electron chi connectivity index (χ4n) is 2.42. The lowest BCUT2D eigenvalue weighted by Gasteiger charge is -2.21. The van der Waals surface area contributed by atoms with Crippen molar-refractivity contribution in [2.45, 2.75) is 37.3 Å². The van der Waals surface area contributed by atoms with Gasteiger partial charge < -0.3 is 10.1 Å². The van der Waals surface area contributed by atoms with Crippen molar-refractivity contribution >= 4 is 27.3 Å². The molecule has 2 aromatic rings. The number of carbonyl (C=O) groups excluding carboxylic acids is 1. The SMILES string of the molecule is CC[C@H](Oc1cccc(Cl)c1)C(=O)N[C@@H](C)c1ccc(S(C)(=O)=O)cc1. The predicted molar refractivity (Wildman–Crippen MR) is 102 cm³/mol. The van der Waals surface area contributed by atoms with Gasteiger partial charge >= 0.3 is 0 Å². The number of benzene rings is 2. The molecule has 2 atom stereocenters. The van der Waals surface area contributed by atoms with E-state index >= 15 is 0 Å². The molecule has 0 aliphatic carbocycles. The molecular formula is C19H22ClNO4S. The number of hydrogen-bond donors (Lipinski definition) is 1. The van der Waals surface area contributed by atoms with Crippen LogP contribution in [0.5, 0.6) is 5.75 Å². The van der Waals surface area contributed by atoms with Gasteiger partial charge in [-0.3, -0.25) is 4.79 Å². The number of rotatable bonds is 7. The molecule has 5 nitrogen and oxygen atoms in total. The minimum Gasteiger partial charge on any atom is -0.481 e. The fraction of sp³-hybridized carbons (Fsp3) is 0.316. The van der Waals surface area contributed by atoms with Crippen LogP contribution in [0.4, 0.5) is 0 Å². The molecule has 26 heavy (non-hydrogen) atoms. The molecule has 0 saturated heterocycles. The van der Waals surface area contributed by atoms with Crippen molar-refractivity contribution in [3.05, 3.63) is 59.1 Å². The number of ether oxygens (including phenoxy) is 1. The first-order chi connectivity index (χ1) is 12.2. The highest BCUT2D eigenvalue weighted by Crippen LogP contribution is 2.20. The number of amides is 1. The largest absolute Gasteiger partial charge is 0.481 e. The van der Waals surface area contributed by atoms with Gasteiger partial charge in [-0.1, -0.05) is 36.7 Å². The summed E-state index contributed by atoms with van der Waals surface area (Å²) in [7, 11) is -3.24. The summed E-state index contributed by atoms with van der Waals surface area (Å²) in [5, 5.41) is 3.43. The molecule has 0 heterocycles. The van der Waals surface area contributed by atoms with Gasteiger partial charge in [-0.25, -0.2) is 8.42 Å². The van der Waals surface area contributed by atoms with Gasteiger partial charge in [0.15, 0.2) is 15.9 Å². The zero-order chi connectivity index (χ0) is 19.3. The van der Waals surface area contributed by atoms with Gasteiger partial charge in [-0.05, 0) is 49.2 Å². The van der Waals surface area contributed by atoms with E-state index in [1.54, 1.807) is 36.4 Å². The summed E-state index contributed by atoms with van der Waals surface area (Å²) in [6.45, 7) is 3.69. The van der Waals surface area contributed by atoms with Gasteiger partial charge in [0.1, 0.15) is 5.75 Å². The average molecular weight is 396 g/mol. The van der Waals surface area contributed by atoms with E-state index < -0.39 is 15.9 Å². The standard InChI is InChI=1S/C19H22ClNO4S/c1-4-18(25-16-7-5-6-15(20)12-16)19(22)21-13(2)14-8-10-17(11-9-14)26(3,23)24/h5-13,18H,4H2,1-3H3,(H,21,22)/t13-,18-/m0/s1. The molecule has 7 heteroatoms. The van der Waals surface area contributed by atoms with Crippen LogP contribution in [0, 0.1) is 0 Å². The maximum atomic E-state index is 12.5. The summed E-state index contributed by atoms with van der Waals surface area (Å²) in [5.41, 5.74) is 0.809. The third-order valence-corrected chi connectivity index (χ3v) is 5.27. The van der Waals surface area contributed by atoms with Crippen molar-refractivity contribution in [2.75, 3.05) is 6.26 Å². The summed E-state index contributed by atoms with van der Waals surface area (Å²) < 4.78 is 28.8. The van der Waals surface area contributed by atoms with Gasteiger partial charge in [0.05, 0.1) is 10.9 Å². The van der Waals surface area contributed by atoms with E-state index in [1.807, 2.05) is 13.8 Å². The monoisotopic (exact) mass is 395 g/mol. The van der Waals surface area contributed by atoms with E-state index in [9.17, 15) is 13.2 Å². The molecule has 0 radical (unpaired) electrons. The fourth-order valence-corrected chi connectivity index (χ4v) is 3.23. The molecule has 0 aliphatic rings. The second kappa shape index (κ2) is 8.56. The van der Waals surface area contributed by atoms with Crippen molar-refractivity contribution in [1.29, 1.82) is 0 Å². The summed E-state index contributed by atoms with van der Waals surface area (Å²) in [6, 6.07) is 13.1. The molecule has 0 fully saturated rings. The second-order valence-corrected chi connectivity index (χ2v) is 8.50. The van der Waals surface area contributed by atoms with Crippen molar-refractivity contribution < 1.29 is 17.9 Å². The quantitative estimate of drug-likeness (QED) is 0.774. The van der Waals surface area contributed by atoms with Crippen LogP contribution in [-0.2, 0) is 14.6 Å². The Labute approximate surface area is 159 Å². The molecule has 0 aromatic heterocycles. The summed E-state index contributed by atoms with van der Waals surface area (Å²) in [6.07, 6.45) is 1.01. The number of halogens is 1. The Kier molecular flexibility index (Phi) is 6.67. The Hall–Kier alpha value is -2.05. The minimum absolute atomic E-state index is 0.243. The maximum absolute atomic E-state index is 12.5. The Morgan fingerprint density at radius 1 is 1.19 bits per heavy atom. The summed E-state index contributed by atoms with van der Waals surface area (Å²) >= 11 is 5.94. The summed E-state index contributed by atoms with van der Waals surface area (Å²) in [5.74, 6) is 0.289. The molecule has 2 rings (SSSR count). The van der Waals surface area contributed by atoms with Crippen LogP contribution in [0.15, 0.2) is 53.4 Å². The highest BCUT2D eigenvalue weighted by Gasteiger charge is 2.21. The zero-order valence-electron chi connectivity index (χ0n) is 14.9. The van der Waals surface area contributed by atoms with E-state index in [2.05, 4.69) is 5.32 Å². The first kappa shape index (κ1) is 20.3. The highest BCUT2D eigenvalue weighted by molar-refractivity contribution is 7.90. The molecule has 0 bridgehead atoms. The van der Waals surface area contributed by atoms with Gasteiger partial charge in [0.2, 0.25) is 0 Å². The Morgan fingerprint density at radius 3 is 2.38 bits per heavy atom. The van der Waals surface area contributed by atoms with Crippen molar-refractivity contribution in [3.63, 3.8) is 0 Å². The van der Waals surface area contributed by atoms with Gasteiger partial charge in [0, 0.05) is 11.3 Å². The lowest BCUT2D eigenvalue weighted by molar-refractivity contribution is -0.128. The third kappa shape index (κ3) is 5.47. The molecule has 0 spiro atoms. The topological polar surface area (TPSA) is 72.5 Å². The Bertz CT molecular complexity index is 865. The Balaban J connectivity index is 2.04. The second-order valence-electron chi connectivity index (χ2n) is 6.04. The summed E-state index contributed by atoms with van der Waals surface area (Å²) in [4.78, 5) is 12.8. The van der Waals surface area contributed by atoms with Crippen molar-refractivity contribution in [3.8, 4) is 5.75 Å².